The summed E-state index contributed by atoms with van der Waals surface area (Å²) < 4.78 is 25.8. The number of hydrogen-bond acceptors (Lipinski definition) is 5. The molecule has 2 fully saturated rings. The first kappa shape index (κ1) is 21.3. The largest absolute Gasteiger partial charge is 0.414 e. The third kappa shape index (κ3) is 3.58. The molecule has 0 N–H and O–H groups in total. The number of carbonyl (C=O) groups is 1. The molecule has 0 bridgehead atoms. The Morgan fingerprint density at radius 1 is 0.920 bits per heavy atom. The van der Waals surface area contributed by atoms with E-state index in [4.69, 9.17) is 25.6 Å². The summed E-state index contributed by atoms with van der Waals surface area (Å²) in [7, 11) is 0.509. The molecule has 0 unspecified atom stereocenters. The first-order valence-electron chi connectivity index (χ1n) is 9.44. The van der Waals surface area contributed by atoms with Gasteiger partial charge in [-0.3, -0.25) is 4.79 Å². The first-order chi connectivity index (χ1) is 11.5. The molecule has 5 nitrogen and oxygen atoms in total. The van der Waals surface area contributed by atoms with Gasteiger partial charge in [0.2, 0.25) is 0 Å². The van der Waals surface area contributed by atoms with Gasteiger partial charge < -0.3 is 17.7 Å². The lowest BCUT2D eigenvalue weighted by Crippen LogP contribution is -2.65. The maximum absolute atomic E-state index is 12.5. The lowest BCUT2D eigenvalue weighted by molar-refractivity contribution is -0.125. The first-order valence-corrected chi connectivity index (χ1v) is 13.4. The average Bonchev–Trinajstić information content (AvgIpc) is 2.73. The lowest BCUT2D eigenvalue weighted by Gasteiger charge is -2.50. The molecule has 0 aromatic heterocycles. The van der Waals surface area contributed by atoms with Crippen molar-refractivity contribution < 1.29 is 22.5 Å². The summed E-state index contributed by atoms with van der Waals surface area (Å²) in [4.78, 5) is 12.5. The van der Waals surface area contributed by atoms with Crippen molar-refractivity contribution in [1.82, 2.24) is 0 Å². The molecule has 142 valence electrons. The number of fused-ring (bicyclic) bond motifs is 1. The summed E-state index contributed by atoms with van der Waals surface area (Å²) in [5.41, 5.74) is 0.901. The van der Waals surface area contributed by atoms with E-state index in [9.17, 15) is 4.79 Å². The molecule has 2 heterocycles. The fraction of sp³-hybridized carbons (Fsp3) is 0.941. The second-order valence-corrected chi connectivity index (χ2v) is 17.4. The number of rotatable bonds is 4. The van der Waals surface area contributed by atoms with Crippen molar-refractivity contribution in [3.8, 4) is 0 Å². The monoisotopic (exact) mass is 384 g/mol. The summed E-state index contributed by atoms with van der Waals surface area (Å²) in [5, 5.41) is 0. The van der Waals surface area contributed by atoms with Crippen LogP contribution in [0.4, 0.5) is 0 Å². The Kier molecular flexibility index (Phi) is 6.44. The van der Waals surface area contributed by atoms with E-state index in [2.05, 4.69) is 55.4 Å². The van der Waals surface area contributed by atoms with Gasteiger partial charge in [-0.25, -0.2) is 0 Å². The van der Waals surface area contributed by atoms with Crippen LogP contribution in [-0.4, -0.2) is 55.6 Å². The van der Waals surface area contributed by atoms with E-state index in [1.54, 1.807) is 0 Å². The van der Waals surface area contributed by atoms with E-state index in [1.807, 2.05) is 0 Å². The van der Waals surface area contributed by atoms with Crippen LogP contribution in [0.1, 0.15) is 55.4 Å². The van der Waals surface area contributed by atoms with E-state index in [1.165, 1.54) is 0 Å². The Hall–Kier alpha value is 0.00870. The Balaban J connectivity index is 2.55. The SMILES string of the molecule is [B][C@@H]1O[C@@H]2CO[Si](C(C)C)(C(C)C)O[Si](C(C)C)(C(C)C)O[C@@H]2C1=O. The third-order valence-corrected chi connectivity index (χ3v) is 15.8. The van der Waals surface area contributed by atoms with E-state index in [-0.39, 0.29) is 27.9 Å². The highest BCUT2D eigenvalue weighted by Gasteiger charge is 2.61. The molecule has 0 aliphatic carbocycles. The van der Waals surface area contributed by atoms with Crippen molar-refractivity contribution in [1.29, 1.82) is 0 Å². The Morgan fingerprint density at radius 2 is 1.40 bits per heavy atom. The van der Waals surface area contributed by atoms with Crippen LogP contribution in [0.5, 0.6) is 0 Å². The van der Waals surface area contributed by atoms with Crippen molar-refractivity contribution in [2.45, 2.75) is 95.8 Å². The molecule has 25 heavy (non-hydrogen) atoms. The third-order valence-electron chi connectivity index (χ3n) is 5.54. The van der Waals surface area contributed by atoms with Gasteiger partial charge in [0, 0.05) is 0 Å². The summed E-state index contributed by atoms with van der Waals surface area (Å²) in [6.45, 7) is 17.5. The minimum atomic E-state index is -2.76. The number of Topliss-reactive ketones (excluding diaryl/α,β-unsaturated/α-hetero) is 1. The maximum Gasteiger partial charge on any atom is 0.335 e. The van der Waals surface area contributed by atoms with Crippen LogP contribution in [0.25, 0.3) is 0 Å². The summed E-state index contributed by atoms with van der Waals surface area (Å²) in [6.07, 6.45) is -1.13. The van der Waals surface area contributed by atoms with Crippen LogP contribution in [0.2, 0.25) is 22.2 Å². The fourth-order valence-electron chi connectivity index (χ4n) is 4.06. The van der Waals surface area contributed by atoms with E-state index in [0.29, 0.717) is 6.61 Å². The minimum Gasteiger partial charge on any atom is -0.414 e. The number of ketones is 1. The quantitative estimate of drug-likeness (QED) is 0.696. The standard InChI is InChI=1S/C17H33BO5Si2/c1-10(2)24(11(3)4)20-9-14-16(15(19)17(18)21-14)22-25(23-24,12(5)6)13(7)8/h10-14,16-17H,9H2,1-8H3/t14-,16+,17-/m1/s1. The zero-order valence-electron chi connectivity index (χ0n) is 16.9. The zero-order valence-corrected chi connectivity index (χ0v) is 18.9. The molecule has 2 aliphatic heterocycles. The van der Waals surface area contributed by atoms with Gasteiger partial charge in [0.1, 0.15) is 20.1 Å². The Labute approximate surface area is 156 Å². The number of carbonyl (C=O) groups excluding carboxylic acids is 1. The highest BCUT2D eigenvalue weighted by atomic mass is 28.5. The van der Waals surface area contributed by atoms with Crippen LogP contribution in [0.15, 0.2) is 0 Å². The molecule has 2 radical (unpaired) electrons. The van der Waals surface area contributed by atoms with Gasteiger partial charge in [0.15, 0.2) is 5.78 Å². The van der Waals surface area contributed by atoms with Gasteiger partial charge >= 0.3 is 17.1 Å². The molecule has 3 atom stereocenters. The average molecular weight is 384 g/mol. The van der Waals surface area contributed by atoms with Crippen LogP contribution in [-0.2, 0) is 22.5 Å². The van der Waals surface area contributed by atoms with Gasteiger partial charge in [-0.05, 0) is 22.2 Å². The molecule has 2 saturated heterocycles. The summed E-state index contributed by atoms with van der Waals surface area (Å²) in [5.74, 6) is -0.196. The normalized spacial score (nSPS) is 32.3. The maximum atomic E-state index is 12.5. The smallest absolute Gasteiger partial charge is 0.335 e. The van der Waals surface area contributed by atoms with Crippen molar-refractivity contribution >= 4 is 30.8 Å². The van der Waals surface area contributed by atoms with Gasteiger partial charge in [-0.1, -0.05) is 55.4 Å². The van der Waals surface area contributed by atoms with Crippen LogP contribution >= 0.6 is 0 Å². The summed E-state index contributed by atoms with van der Waals surface area (Å²) >= 11 is 0. The second kappa shape index (κ2) is 7.56. The summed E-state index contributed by atoms with van der Waals surface area (Å²) in [6, 6.07) is -0.933. The number of ether oxygens (including phenoxy) is 1. The van der Waals surface area contributed by atoms with Crippen molar-refractivity contribution in [3.63, 3.8) is 0 Å². The van der Waals surface area contributed by atoms with E-state index >= 15 is 0 Å². The van der Waals surface area contributed by atoms with Gasteiger partial charge in [0.25, 0.3) is 0 Å². The predicted octanol–water partition coefficient (Wildman–Crippen LogP) is 3.41. The van der Waals surface area contributed by atoms with Crippen LogP contribution in [0.3, 0.4) is 0 Å². The molecular weight excluding hydrogens is 351 g/mol. The van der Waals surface area contributed by atoms with E-state index < -0.39 is 35.3 Å². The lowest BCUT2D eigenvalue weighted by atomic mass is 9.95. The topological polar surface area (TPSA) is 54.0 Å². The van der Waals surface area contributed by atoms with Crippen molar-refractivity contribution in [2.24, 2.45) is 0 Å². The molecule has 0 amide bonds. The van der Waals surface area contributed by atoms with Crippen LogP contribution < -0.4 is 0 Å². The molecule has 2 aliphatic rings. The molecule has 2 rings (SSSR count). The highest BCUT2D eigenvalue weighted by molar-refractivity contribution is 6.84. The molecule has 0 spiro atoms. The minimum absolute atomic E-state index is 0.184. The molecule has 0 aromatic rings. The zero-order chi connectivity index (χ0) is 19.2. The Morgan fingerprint density at radius 3 is 1.84 bits per heavy atom. The fourth-order valence-corrected chi connectivity index (χ4v) is 15.2. The highest BCUT2D eigenvalue weighted by Crippen LogP contribution is 2.46. The van der Waals surface area contributed by atoms with E-state index in [0.717, 1.165) is 0 Å². The predicted molar refractivity (Wildman–Crippen MR) is 103 cm³/mol. The molecule has 0 aromatic carbocycles. The van der Waals surface area contributed by atoms with Crippen LogP contribution in [0, 0.1) is 0 Å². The van der Waals surface area contributed by atoms with Gasteiger partial charge in [-0.15, -0.1) is 0 Å². The molecule has 8 heteroatoms. The van der Waals surface area contributed by atoms with Crippen molar-refractivity contribution in [2.75, 3.05) is 6.61 Å². The van der Waals surface area contributed by atoms with Gasteiger partial charge in [0.05, 0.1) is 12.6 Å². The molecule has 0 saturated carbocycles. The van der Waals surface area contributed by atoms with Crippen molar-refractivity contribution in [3.05, 3.63) is 0 Å². The van der Waals surface area contributed by atoms with Gasteiger partial charge in [-0.2, -0.15) is 0 Å². The second-order valence-electron chi connectivity index (χ2n) is 8.51. The molecular formula is C17H33BO5Si2. The Bertz CT molecular complexity index is 481. The number of hydrogen-bond donors (Lipinski definition) is 0.